The third kappa shape index (κ3) is 5.13. The molecule has 1 rings (SSSR count). The fourth-order valence-corrected chi connectivity index (χ4v) is 1.66. The Kier molecular flexibility index (Phi) is 6.12. The van der Waals surface area contributed by atoms with Crippen molar-refractivity contribution in [1.82, 2.24) is 5.32 Å². The monoisotopic (exact) mass is 264 g/mol. The van der Waals surface area contributed by atoms with Crippen molar-refractivity contribution in [3.05, 3.63) is 35.4 Å². The molecule has 1 aromatic rings. The first kappa shape index (κ1) is 14.4. The summed E-state index contributed by atoms with van der Waals surface area (Å²) in [5, 5.41) is 2.70. The van der Waals surface area contributed by atoms with E-state index in [9.17, 15) is 9.00 Å². The molecule has 0 heterocycles. The highest BCUT2D eigenvalue weighted by Crippen LogP contribution is 2.03. The zero-order chi connectivity index (χ0) is 13.4. The zero-order valence-electron chi connectivity index (χ0n) is 10.2. The Morgan fingerprint density at radius 1 is 1.39 bits per heavy atom. The Balaban J connectivity index is 2.56. The number of nitrogens with one attached hydrogen (secondary N) is 1. The maximum atomic E-state index is 11.7. The summed E-state index contributed by atoms with van der Waals surface area (Å²) in [6, 6.07) is 6.96. The van der Waals surface area contributed by atoms with E-state index in [2.05, 4.69) is 17.2 Å². The minimum absolute atomic E-state index is 0.168. The molecule has 3 N–H and O–H groups in total. The van der Waals surface area contributed by atoms with Crippen LogP contribution >= 0.6 is 0 Å². The molecule has 0 bridgehead atoms. The van der Waals surface area contributed by atoms with Crippen molar-refractivity contribution in [1.29, 1.82) is 0 Å². The van der Waals surface area contributed by atoms with Crippen LogP contribution in [0.3, 0.4) is 0 Å². The molecule has 0 saturated heterocycles. The number of carbonyl (C=O) groups excluding carboxylic acids is 1. The van der Waals surface area contributed by atoms with Crippen LogP contribution in [0.15, 0.2) is 24.3 Å². The van der Waals surface area contributed by atoms with Gasteiger partial charge >= 0.3 is 0 Å². The number of carbonyl (C=O) groups is 1. The second-order valence-corrected chi connectivity index (χ2v) is 5.17. The molecular weight excluding hydrogens is 248 g/mol. The molecule has 4 nitrogen and oxygen atoms in total. The fraction of sp³-hybridized carbons (Fsp3) is 0.308. The van der Waals surface area contributed by atoms with Crippen molar-refractivity contribution in [2.24, 2.45) is 5.73 Å². The number of nitrogens with two attached hydrogens (primary N) is 1. The lowest BCUT2D eigenvalue weighted by molar-refractivity contribution is 0.0956. The summed E-state index contributed by atoms with van der Waals surface area (Å²) in [5.74, 6) is 5.92. The van der Waals surface area contributed by atoms with Gasteiger partial charge in [-0.1, -0.05) is 11.8 Å². The Morgan fingerprint density at radius 3 is 2.61 bits per heavy atom. The van der Waals surface area contributed by atoms with Crippen molar-refractivity contribution in [2.75, 3.05) is 25.1 Å². The third-order valence-electron chi connectivity index (χ3n) is 2.16. The van der Waals surface area contributed by atoms with Crippen molar-refractivity contribution in [3.63, 3.8) is 0 Å². The molecule has 0 aliphatic rings. The molecule has 0 aliphatic heterocycles. The van der Waals surface area contributed by atoms with Crippen LogP contribution in [-0.4, -0.2) is 35.2 Å². The van der Waals surface area contributed by atoms with Gasteiger partial charge in [0.25, 0.3) is 5.91 Å². The molecule has 1 atom stereocenters. The van der Waals surface area contributed by atoms with Crippen LogP contribution < -0.4 is 11.1 Å². The Hall–Kier alpha value is -1.64. The summed E-state index contributed by atoms with van der Waals surface area (Å²) in [6.07, 6.45) is 1.61. The van der Waals surface area contributed by atoms with Gasteiger partial charge in [-0.3, -0.25) is 9.00 Å². The average Bonchev–Trinajstić information content (AvgIpc) is 2.36. The van der Waals surface area contributed by atoms with Gasteiger partial charge in [0.1, 0.15) is 0 Å². The lowest BCUT2D eigenvalue weighted by Gasteiger charge is -2.03. The lowest BCUT2D eigenvalue weighted by Crippen LogP contribution is -2.27. The molecule has 96 valence electrons. The van der Waals surface area contributed by atoms with Gasteiger partial charge in [0.05, 0.1) is 6.54 Å². The maximum absolute atomic E-state index is 11.7. The van der Waals surface area contributed by atoms with E-state index in [4.69, 9.17) is 5.73 Å². The summed E-state index contributed by atoms with van der Waals surface area (Å²) in [6.45, 7) is 0.729. The zero-order valence-corrected chi connectivity index (χ0v) is 11.0. The van der Waals surface area contributed by atoms with E-state index < -0.39 is 10.8 Å². The topological polar surface area (TPSA) is 72.2 Å². The molecule has 1 unspecified atom stereocenters. The molecule has 0 aliphatic carbocycles. The average molecular weight is 264 g/mol. The molecule has 18 heavy (non-hydrogen) atoms. The van der Waals surface area contributed by atoms with E-state index in [1.165, 1.54) is 0 Å². The summed E-state index contributed by atoms with van der Waals surface area (Å²) < 4.78 is 10.8. The molecule has 0 spiro atoms. The predicted molar refractivity (Wildman–Crippen MR) is 73.6 cm³/mol. The van der Waals surface area contributed by atoms with Gasteiger partial charge in [-0.15, -0.1) is 0 Å². The summed E-state index contributed by atoms with van der Waals surface area (Å²) in [5.41, 5.74) is 6.66. The standard InChI is InChI=1S/C13H16N2O2S/c1-18(17)10-9-15-13(16)12-6-4-11(5-7-12)3-2-8-14/h4-7H,8-10,14H2,1H3,(H,15,16). The van der Waals surface area contributed by atoms with Crippen molar-refractivity contribution in [3.8, 4) is 11.8 Å². The fourth-order valence-electron chi connectivity index (χ4n) is 1.27. The van der Waals surface area contributed by atoms with E-state index in [1.807, 2.05) is 0 Å². The maximum Gasteiger partial charge on any atom is 0.251 e. The van der Waals surface area contributed by atoms with Crippen LogP contribution in [0.5, 0.6) is 0 Å². The van der Waals surface area contributed by atoms with Crippen molar-refractivity contribution >= 4 is 16.7 Å². The number of hydrogen-bond acceptors (Lipinski definition) is 3. The van der Waals surface area contributed by atoms with Gasteiger partial charge in [0.15, 0.2) is 0 Å². The van der Waals surface area contributed by atoms with Crippen LogP contribution in [0.1, 0.15) is 15.9 Å². The van der Waals surface area contributed by atoms with Crippen LogP contribution in [0.25, 0.3) is 0 Å². The molecule has 1 amide bonds. The summed E-state index contributed by atoms with van der Waals surface area (Å²) in [7, 11) is -0.891. The first-order chi connectivity index (χ1) is 8.63. The molecular formula is C13H16N2O2S. The van der Waals surface area contributed by atoms with E-state index in [-0.39, 0.29) is 5.91 Å². The number of rotatable bonds is 4. The van der Waals surface area contributed by atoms with Crippen LogP contribution in [0.4, 0.5) is 0 Å². The smallest absolute Gasteiger partial charge is 0.251 e. The van der Waals surface area contributed by atoms with Crippen molar-refractivity contribution in [2.45, 2.75) is 0 Å². The molecule has 0 aromatic heterocycles. The molecule has 0 fully saturated rings. The molecule has 1 aromatic carbocycles. The highest BCUT2D eigenvalue weighted by atomic mass is 32.2. The Morgan fingerprint density at radius 2 is 2.06 bits per heavy atom. The normalized spacial score (nSPS) is 11.2. The molecule has 0 saturated carbocycles. The minimum Gasteiger partial charge on any atom is -0.351 e. The van der Waals surface area contributed by atoms with Gasteiger partial charge in [0.2, 0.25) is 0 Å². The second-order valence-electron chi connectivity index (χ2n) is 3.62. The SMILES string of the molecule is CS(=O)CCNC(=O)c1ccc(C#CCN)cc1. The van der Waals surface area contributed by atoms with Crippen LogP contribution in [0.2, 0.25) is 0 Å². The number of amides is 1. The quantitative estimate of drug-likeness (QED) is 0.758. The minimum atomic E-state index is -0.891. The van der Waals surface area contributed by atoms with E-state index in [0.29, 0.717) is 24.4 Å². The van der Waals surface area contributed by atoms with E-state index in [1.54, 1.807) is 30.5 Å². The van der Waals surface area contributed by atoms with Crippen LogP contribution in [0, 0.1) is 11.8 Å². The van der Waals surface area contributed by atoms with Gasteiger partial charge in [-0.05, 0) is 24.3 Å². The Bertz CT molecular complexity index is 486. The predicted octanol–water partition coefficient (Wildman–Crippen LogP) is 0.105. The van der Waals surface area contributed by atoms with Crippen LogP contribution in [-0.2, 0) is 10.8 Å². The van der Waals surface area contributed by atoms with E-state index in [0.717, 1.165) is 5.56 Å². The third-order valence-corrected chi connectivity index (χ3v) is 2.94. The van der Waals surface area contributed by atoms with E-state index >= 15 is 0 Å². The second kappa shape index (κ2) is 7.64. The highest BCUT2D eigenvalue weighted by molar-refractivity contribution is 7.84. The summed E-state index contributed by atoms with van der Waals surface area (Å²) in [4.78, 5) is 11.7. The largest absolute Gasteiger partial charge is 0.351 e. The lowest BCUT2D eigenvalue weighted by atomic mass is 10.1. The van der Waals surface area contributed by atoms with Gasteiger partial charge in [0, 0.05) is 40.5 Å². The first-order valence-corrected chi connectivity index (χ1v) is 7.23. The van der Waals surface area contributed by atoms with Crippen molar-refractivity contribution < 1.29 is 9.00 Å². The summed E-state index contributed by atoms with van der Waals surface area (Å²) >= 11 is 0. The molecule has 0 radical (unpaired) electrons. The first-order valence-electron chi connectivity index (χ1n) is 5.50. The molecule has 5 heteroatoms. The van der Waals surface area contributed by atoms with Gasteiger partial charge < -0.3 is 11.1 Å². The number of hydrogen-bond donors (Lipinski definition) is 2. The number of benzene rings is 1. The highest BCUT2D eigenvalue weighted by Gasteiger charge is 2.04. The Labute approximate surface area is 109 Å². The van der Waals surface area contributed by atoms with Gasteiger partial charge in [-0.25, -0.2) is 0 Å². The van der Waals surface area contributed by atoms with Gasteiger partial charge in [-0.2, -0.15) is 0 Å².